The van der Waals surface area contributed by atoms with E-state index in [1.165, 1.54) is 12.1 Å². The van der Waals surface area contributed by atoms with Crippen molar-refractivity contribution in [3.8, 4) is 11.3 Å². The number of nitrogens with zero attached hydrogens (tertiary/aromatic N) is 1. The number of nitrogens with one attached hydrogen (secondary N) is 2. The molecule has 0 spiro atoms. The highest BCUT2D eigenvalue weighted by Gasteiger charge is 2.11. The molecule has 0 aliphatic rings. The van der Waals surface area contributed by atoms with E-state index in [1.807, 2.05) is 54.6 Å². The molecule has 128 valence electrons. The zero-order valence-electron chi connectivity index (χ0n) is 13.7. The summed E-state index contributed by atoms with van der Waals surface area (Å²) in [5.74, 6) is -1.32. The smallest absolute Gasteiger partial charge is 0.151 e. The molecule has 26 heavy (non-hydrogen) atoms. The molecule has 4 aromatic rings. The van der Waals surface area contributed by atoms with Crippen LogP contribution in [0.2, 0.25) is 0 Å². The summed E-state index contributed by atoms with van der Waals surface area (Å²) in [5, 5.41) is 5.16. The number of anilines is 1. The third kappa shape index (κ3) is 3.07. The van der Waals surface area contributed by atoms with Gasteiger partial charge in [-0.3, -0.25) is 5.43 Å². The van der Waals surface area contributed by atoms with Crippen LogP contribution in [0.1, 0.15) is 5.56 Å². The van der Waals surface area contributed by atoms with Gasteiger partial charge in [-0.25, -0.2) is 8.78 Å². The monoisotopic (exact) mass is 347 g/mol. The van der Waals surface area contributed by atoms with Crippen LogP contribution in [0.5, 0.6) is 0 Å². The summed E-state index contributed by atoms with van der Waals surface area (Å²) in [7, 11) is 0. The first-order valence-electron chi connectivity index (χ1n) is 8.12. The number of hydrogen-bond acceptors (Lipinski definition) is 2. The fraction of sp³-hybridized carbons (Fsp3) is 0. The second-order valence-corrected chi connectivity index (χ2v) is 5.82. The van der Waals surface area contributed by atoms with Crippen molar-refractivity contribution in [1.29, 1.82) is 0 Å². The SMILES string of the molecule is Fc1ccc(NN=Cc2c(-c3ccccc3)[nH]c3ccccc23)c(F)c1. The van der Waals surface area contributed by atoms with Crippen LogP contribution in [-0.2, 0) is 0 Å². The highest BCUT2D eigenvalue weighted by atomic mass is 19.1. The van der Waals surface area contributed by atoms with Gasteiger partial charge in [-0.1, -0.05) is 48.5 Å². The summed E-state index contributed by atoms with van der Waals surface area (Å²) in [6, 6.07) is 21.1. The van der Waals surface area contributed by atoms with E-state index in [1.54, 1.807) is 6.21 Å². The fourth-order valence-electron chi connectivity index (χ4n) is 2.88. The maximum Gasteiger partial charge on any atom is 0.151 e. The number of aromatic amines is 1. The number of fused-ring (bicyclic) bond motifs is 1. The van der Waals surface area contributed by atoms with Gasteiger partial charge in [0, 0.05) is 22.5 Å². The first-order valence-corrected chi connectivity index (χ1v) is 8.12. The van der Waals surface area contributed by atoms with Crippen molar-refractivity contribution in [1.82, 2.24) is 4.98 Å². The molecule has 0 aliphatic carbocycles. The molecule has 1 heterocycles. The van der Waals surface area contributed by atoms with E-state index in [4.69, 9.17) is 0 Å². The predicted molar refractivity (Wildman–Crippen MR) is 101 cm³/mol. The molecule has 0 atom stereocenters. The van der Waals surface area contributed by atoms with E-state index >= 15 is 0 Å². The Morgan fingerprint density at radius 1 is 0.885 bits per heavy atom. The number of benzene rings is 3. The van der Waals surface area contributed by atoms with E-state index in [0.29, 0.717) is 0 Å². The molecule has 0 amide bonds. The Kier molecular flexibility index (Phi) is 4.19. The van der Waals surface area contributed by atoms with Crippen LogP contribution in [0.15, 0.2) is 77.9 Å². The van der Waals surface area contributed by atoms with Crippen LogP contribution in [0, 0.1) is 11.6 Å². The lowest BCUT2D eigenvalue weighted by Gasteiger charge is -2.03. The van der Waals surface area contributed by atoms with Gasteiger partial charge in [0.25, 0.3) is 0 Å². The van der Waals surface area contributed by atoms with Gasteiger partial charge in [0.15, 0.2) is 5.82 Å². The number of halogens is 2. The topological polar surface area (TPSA) is 40.2 Å². The van der Waals surface area contributed by atoms with Gasteiger partial charge in [-0.2, -0.15) is 5.10 Å². The largest absolute Gasteiger partial charge is 0.354 e. The molecular weight excluding hydrogens is 332 g/mol. The first kappa shape index (κ1) is 16.0. The molecule has 3 nitrogen and oxygen atoms in total. The number of hydrazone groups is 1. The quantitative estimate of drug-likeness (QED) is 0.368. The Morgan fingerprint density at radius 3 is 2.46 bits per heavy atom. The highest BCUT2D eigenvalue weighted by Crippen LogP contribution is 2.29. The summed E-state index contributed by atoms with van der Waals surface area (Å²) >= 11 is 0. The van der Waals surface area contributed by atoms with Crippen molar-refractivity contribution < 1.29 is 8.78 Å². The summed E-state index contributed by atoms with van der Waals surface area (Å²) < 4.78 is 26.7. The van der Waals surface area contributed by atoms with Gasteiger partial charge in [0.1, 0.15) is 5.82 Å². The summed E-state index contributed by atoms with van der Waals surface area (Å²) in [6.45, 7) is 0. The minimum atomic E-state index is -0.690. The summed E-state index contributed by atoms with van der Waals surface area (Å²) in [6.07, 6.45) is 1.64. The number of aromatic nitrogens is 1. The molecular formula is C21H15F2N3. The maximum atomic E-state index is 13.7. The lowest BCUT2D eigenvalue weighted by atomic mass is 10.1. The normalized spacial score (nSPS) is 11.3. The first-order chi connectivity index (χ1) is 12.7. The minimum absolute atomic E-state index is 0.115. The number of para-hydroxylation sites is 1. The molecule has 4 rings (SSSR count). The third-order valence-corrected chi connectivity index (χ3v) is 4.12. The van der Waals surface area contributed by atoms with Crippen molar-refractivity contribution in [2.75, 3.05) is 5.43 Å². The Morgan fingerprint density at radius 2 is 1.65 bits per heavy atom. The molecule has 5 heteroatoms. The van der Waals surface area contributed by atoms with Gasteiger partial charge in [-0.05, 0) is 23.8 Å². The lowest BCUT2D eigenvalue weighted by molar-refractivity contribution is 0.585. The molecule has 3 aromatic carbocycles. The second-order valence-electron chi connectivity index (χ2n) is 5.82. The summed E-state index contributed by atoms with van der Waals surface area (Å²) in [5.41, 5.74) is 6.58. The number of rotatable bonds is 4. The van der Waals surface area contributed by atoms with E-state index < -0.39 is 11.6 Å². The van der Waals surface area contributed by atoms with E-state index in [-0.39, 0.29) is 5.69 Å². The van der Waals surface area contributed by atoms with Crippen molar-refractivity contribution in [2.24, 2.45) is 5.10 Å². The van der Waals surface area contributed by atoms with Crippen LogP contribution < -0.4 is 5.43 Å². The van der Waals surface area contributed by atoms with Gasteiger partial charge < -0.3 is 4.98 Å². The van der Waals surface area contributed by atoms with Crippen LogP contribution in [0.4, 0.5) is 14.5 Å². The zero-order valence-corrected chi connectivity index (χ0v) is 13.7. The Hall–Kier alpha value is -3.47. The number of hydrogen-bond donors (Lipinski definition) is 2. The lowest BCUT2D eigenvalue weighted by Crippen LogP contribution is -1.95. The zero-order chi connectivity index (χ0) is 17.9. The second kappa shape index (κ2) is 6.80. The van der Waals surface area contributed by atoms with E-state index in [9.17, 15) is 8.78 Å². The molecule has 1 aromatic heterocycles. The van der Waals surface area contributed by atoms with Crippen LogP contribution in [0.3, 0.4) is 0 Å². The van der Waals surface area contributed by atoms with Gasteiger partial charge in [-0.15, -0.1) is 0 Å². The summed E-state index contributed by atoms with van der Waals surface area (Å²) in [4.78, 5) is 3.41. The molecule has 0 radical (unpaired) electrons. The van der Waals surface area contributed by atoms with Crippen molar-refractivity contribution in [2.45, 2.75) is 0 Å². The van der Waals surface area contributed by atoms with Crippen molar-refractivity contribution in [3.63, 3.8) is 0 Å². The van der Waals surface area contributed by atoms with Crippen LogP contribution >= 0.6 is 0 Å². The average molecular weight is 347 g/mol. The molecule has 0 saturated heterocycles. The molecule has 2 N–H and O–H groups in total. The standard InChI is InChI=1S/C21H15F2N3/c22-15-10-11-20(18(23)12-15)26-24-13-17-16-8-4-5-9-19(16)25-21(17)14-6-2-1-3-7-14/h1-13,25-26H. The van der Waals surface area contributed by atoms with Crippen molar-refractivity contribution in [3.05, 3.63) is 90.0 Å². The molecule has 0 bridgehead atoms. The molecule has 0 saturated carbocycles. The maximum absolute atomic E-state index is 13.7. The number of H-pyrrole nitrogens is 1. The average Bonchev–Trinajstić information content (AvgIpc) is 3.03. The molecule has 0 fully saturated rings. The van der Waals surface area contributed by atoms with Gasteiger partial charge in [0.2, 0.25) is 0 Å². The fourth-order valence-corrected chi connectivity index (χ4v) is 2.88. The van der Waals surface area contributed by atoms with Crippen molar-refractivity contribution >= 4 is 22.8 Å². The Labute approximate surface area is 149 Å². The third-order valence-electron chi connectivity index (χ3n) is 4.12. The van der Waals surface area contributed by atoms with Gasteiger partial charge >= 0.3 is 0 Å². The Bertz CT molecular complexity index is 1090. The van der Waals surface area contributed by atoms with Crippen LogP contribution in [0.25, 0.3) is 22.2 Å². The Balaban J connectivity index is 1.73. The molecule has 0 aliphatic heterocycles. The van der Waals surface area contributed by atoms with Crippen LogP contribution in [-0.4, -0.2) is 11.2 Å². The molecule has 0 unspecified atom stereocenters. The van der Waals surface area contributed by atoms with Gasteiger partial charge in [0.05, 0.1) is 17.6 Å². The van der Waals surface area contributed by atoms with E-state index in [0.717, 1.165) is 33.8 Å². The van der Waals surface area contributed by atoms with E-state index in [2.05, 4.69) is 15.5 Å². The minimum Gasteiger partial charge on any atom is -0.354 e. The predicted octanol–water partition coefficient (Wildman–Crippen LogP) is 5.56. The highest BCUT2D eigenvalue weighted by molar-refractivity contribution is 6.06.